The maximum absolute atomic E-state index is 12.3. The third-order valence-corrected chi connectivity index (χ3v) is 5.08. The minimum atomic E-state index is -0.370. The van der Waals surface area contributed by atoms with E-state index >= 15 is 0 Å². The molecule has 0 bridgehead atoms. The van der Waals surface area contributed by atoms with Gasteiger partial charge in [0, 0.05) is 11.1 Å². The number of hydrogen-bond donors (Lipinski definition) is 1. The lowest BCUT2D eigenvalue weighted by Gasteiger charge is -2.26. The van der Waals surface area contributed by atoms with E-state index in [1.54, 1.807) is 14.0 Å². The van der Waals surface area contributed by atoms with Crippen LogP contribution in [0.25, 0.3) is 11.3 Å². The first-order chi connectivity index (χ1) is 13.2. The van der Waals surface area contributed by atoms with Gasteiger partial charge in [0.15, 0.2) is 5.69 Å². The van der Waals surface area contributed by atoms with Crippen molar-refractivity contribution >= 4 is 5.97 Å². The molecule has 0 saturated carbocycles. The molecule has 0 saturated heterocycles. The number of nitrogens with zero attached hydrogens (tertiary/aromatic N) is 1. The molecule has 4 rings (SSSR count). The average Bonchev–Trinajstić information content (AvgIpc) is 3.12. The highest BCUT2D eigenvalue weighted by Crippen LogP contribution is 2.42. The monoisotopic (exact) mass is 362 g/mol. The van der Waals surface area contributed by atoms with Gasteiger partial charge in [0.2, 0.25) is 0 Å². The van der Waals surface area contributed by atoms with Gasteiger partial charge in [-0.15, -0.1) is 0 Å². The molecule has 3 aromatic rings. The van der Waals surface area contributed by atoms with Crippen LogP contribution in [0.15, 0.2) is 48.5 Å². The van der Waals surface area contributed by atoms with Crippen molar-refractivity contribution in [3.8, 4) is 17.0 Å². The van der Waals surface area contributed by atoms with E-state index in [0.717, 1.165) is 35.4 Å². The summed E-state index contributed by atoms with van der Waals surface area (Å²) < 4.78 is 10.6. The Kier molecular flexibility index (Phi) is 4.67. The molecule has 1 aromatic heterocycles. The summed E-state index contributed by atoms with van der Waals surface area (Å²) in [7, 11) is 1.68. The number of esters is 1. The van der Waals surface area contributed by atoms with E-state index in [0.29, 0.717) is 12.3 Å². The summed E-state index contributed by atoms with van der Waals surface area (Å²) in [5, 5.41) is 7.32. The van der Waals surface area contributed by atoms with Gasteiger partial charge in [-0.2, -0.15) is 5.10 Å². The first-order valence-corrected chi connectivity index (χ1v) is 9.17. The maximum Gasteiger partial charge on any atom is 0.359 e. The summed E-state index contributed by atoms with van der Waals surface area (Å²) in [5.41, 5.74) is 5.78. The normalized spacial score (nSPS) is 15.0. The van der Waals surface area contributed by atoms with Gasteiger partial charge in [-0.05, 0) is 55.0 Å². The number of hydrogen-bond acceptors (Lipinski definition) is 4. The molecule has 0 radical (unpaired) electrons. The molecular weight excluding hydrogens is 340 g/mol. The molecule has 1 heterocycles. The Morgan fingerprint density at radius 3 is 2.78 bits per heavy atom. The third kappa shape index (κ3) is 3.21. The van der Waals surface area contributed by atoms with Crippen molar-refractivity contribution < 1.29 is 14.3 Å². The van der Waals surface area contributed by atoms with E-state index < -0.39 is 0 Å². The molecular formula is C22H22N2O3. The van der Waals surface area contributed by atoms with E-state index in [-0.39, 0.29) is 11.9 Å². The summed E-state index contributed by atoms with van der Waals surface area (Å²) in [5.74, 6) is 0.696. The maximum atomic E-state index is 12.3. The number of ether oxygens (including phenoxy) is 2. The topological polar surface area (TPSA) is 64.2 Å². The molecule has 0 amide bonds. The highest BCUT2D eigenvalue weighted by Gasteiger charge is 2.31. The number of nitrogens with one attached hydrogen (secondary N) is 1. The minimum Gasteiger partial charge on any atom is -0.497 e. The Balaban J connectivity index is 1.79. The molecule has 0 aliphatic heterocycles. The number of carbonyl (C=O) groups is 1. The average molecular weight is 362 g/mol. The molecule has 5 heteroatoms. The predicted molar refractivity (Wildman–Crippen MR) is 103 cm³/mol. The number of aromatic nitrogens is 2. The number of methoxy groups -OCH3 is 1. The third-order valence-electron chi connectivity index (χ3n) is 5.08. The minimum absolute atomic E-state index is 0.232. The van der Waals surface area contributed by atoms with Gasteiger partial charge in [-0.1, -0.05) is 30.3 Å². The van der Waals surface area contributed by atoms with Gasteiger partial charge in [-0.25, -0.2) is 4.79 Å². The van der Waals surface area contributed by atoms with Crippen LogP contribution in [-0.2, 0) is 17.6 Å². The molecule has 27 heavy (non-hydrogen) atoms. The standard InChI is InChI=1S/C22H22N2O3/c1-3-27-22(25)21-19-12-15(11-14-7-5-4-6-8-14)18-13-16(26-2)9-10-17(18)20(19)23-24-21/h4-10,13,15H,3,11-12H2,1-2H3,(H,23,24). The van der Waals surface area contributed by atoms with Crippen molar-refractivity contribution in [2.75, 3.05) is 13.7 Å². The number of rotatable bonds is 5. The Hall–Kier alpha value is -3.08. The van der Waals surface area contributed by atoms with Crippen molar-refractivity contribution in [1.29, 1.82) is 0 Å². The zero-order valence-electron chi connectivity index (χ0n) is 15.5. The van der Waals surface area contributed by atoms with Gasteiger partial charge >= 0.3 is 5.97 Å². The summed E-state index contributed by atoms with van der Waals surface area (Å²) in [6.07, 6.45) is 1.61. The SMILES string of the molecule is CCOC(=O)c1n[nH]c2c1CC(Cc1ccccc1)c1cc(OC)ccc1-2. The fourth-order valence-electron chi connectivity index (χ4n) is 3.83. The Morgan fingerprint density at radius 2 is 2.04 bits per heavy atom. The van der Waals surface area contributed by atoms with Crippen LogP contribution in [0.1, 0.15) is 40.0 Å². The van der Waals surface area contributed by atoms with Gasteiger partial charge in [0.1, 0.15) is 5.75 Å². The second-order valence-electron chi connectivity index (χ2n) is 6.69. The molecule has 138 valence electrons. The summed E-state index contributed by atoms with van der Waals surface area (Å²) in [4.78, 5) is 12.3. The number of aromatic amines is 1. The molecule has 0 spiro atoms. The van der Waals surface area contributed by atoms with Crippen LogP contribution in [-0.4, -0.2) is 29.9 Å². The number of fused-ring (bicyclic) bond motifs is 3. The molecule has 1 unspecified atom stereocenters. The zero-order valence-corrected chi connectivity index (χ0v) is 15.5. The lowest BCUT2D eigenvalue weighted by atomic mass is 9.78. The van der Waals surface area contributed by atoms with Crippen molar-refractivity contribution in [3.63, 3.8) is 0 Å². The first-order valence-electron chi connectivity index (χ1n) is 9.17. The first kappa shape index (κ1) is 17.3. The van der Waals surface area contributed by atoms with Gasteiger partial charge in [0.05, 0.1) is 19.4 Å². The molecule has 1 atom stereocenters. The fraction of sp³-hybridized carbons (Fsp3) is 0.273. The largest absolute Gasteiger partial charge is 0.497 e. The number of carbonyl (C=O) groups excluding carboxylic acids is 1. The van der Waals surface area contributed by atoms with Crippen LogP contribution < -0.4 is 4.74 Å². The highest BCUT2D eigenvalue weighted by atomic mass is 16.5. The fourth-order valence-corrected chi connectivity index (χ4v) is 3.83. The second kappa shape index (κ2) is 7.27. The van der Waals surface area contributed by atoms with Crippen molar-refractivity contribution in [2.24, 2.45) is 0 Å². The summed E-state index contributed by atoms with van der Waals surface area (Å²) in [6.45, 7) is 2.14. The van der Waals surface area contributed by atoms with E-state index in [4.69, 9.17) is 9.47 Å². The van der Waals surface area contributed by atoms with Crippen molar-refractivity contribution in [3.05, 3.63) is 70.9 Å². The quantitative estimate of drug-likeness (QED) is 0.693. The van der Waals surface area contributed by atoms with E-state index in [1.807, 2.05) is 18.2 Å². The Bertz CT molecular complexity index is 963. The smallest absolute Gasteiger partial charge is 0.359 e. The van der Waals surface area contributed by atoms with Crippen molar-refractivity contribution in [2.45, 2.75) is 25.7 Å². The van der Waals surface area contributed by atoms with Gasteiger partial charge in [-0.3, -0.25) is 5.10 Å². The van der Waals surface area contributed by atoms with Crippen LogP contribution in [0.4, 0.5) is 0 Å². The highest BCUT2D eigenvalue weighted by molar-refractivity contribution is 5.92. The number of benzene rings is 2. The van der Waals surface area contributed by atoms with Crippen LogP contribution in [0.2, 0.25) is 0 Å². The molecule has 5 nitrogen and oxygen atoms in total. The zero-order chi connectivity index (χ0) is 18.8. The lowest BCUT2D eigenvalue weighted by Crippen LogP contribution is -2.16. The molecule has 2 aromatic carbocycles. The van der Waals surface area contributed by atoms with Crippen LogP contribution in [0.5, 0.6) is 5.75 Å². The van der Waals surface area contributed by atoms with Crippen LogP contribution in [0, 0.1) is 0 Å². The molecule has 1 aliphatic rings. The van der Waals surface area contributed by atoms with E-state index in [9.17, 15) is 4.79 Å². The van der Waals surface area contributed by atoms with Crippen LogP contribution >= 0.6 is 0 Å². The van der Waals surface area contributed by atoms with E-state index in [1.165, 1.54) is 11.1 Å². The molecule has 1 N–H and O–H groups in total. The molecule has 0 fully saturated rings. The molecule has 1 aliphatic carbocycles. The van der Waals surface area contributed by atoms with Crippen LogP contribution in [0.3, 0.4) is 0 Å². The lowest BCUT2D eigenvalue weighted by molar-refractivity contribution is 0.0518. The number of H-pyrrole nitrogens is 1. The van der Waals surface area contributed by atoms with Crippen molar-refractivity contribution in [1.82, 2.24) is 10.2 Å². The Morgan fingerprint density at radius 1 is 1.22 bits per heavy atom. The van der Waals surface area contributed by atoms with Gasteiger partial charge < -0.3 is 9.47 Å². The summed E-state index contributed by atoms with van der Waals surface area (Å²) in [6, 6.07) is 16.5. The van der Waals surface area contributed by atoms with Gasteiger partial charge in [0.25, 0.3) is 0 Å². The second-order valence-corrected chi connectivity index (χ2v) is 6.69. The van der Waals surface area contributed by atoms with E-state index in [2.05, 4.69) is 40.5 Å². The summed E-state index contributed by atoms with van der Waals surface area (Å²) >= 11 is 0. The predicted octanol–water partition coefficient (Wildman–Crippen LogP) is 4.14. The Labute approximate surface area is 158 Å².